The van der Waals surface area contributed by atoms with E-state index in [0.717, 1.165) is 46.8 Å². The van der Waals surface area contributed by atoms with Crippen LogP contribution in [0.15, 0.2) is 12.7 Å². The normalized spacial score (nSPS) is 30.1. The highest BCUT2D eigenvalue weighted by atomic mass is 35.5. The Balaban J connectivity index is 1.81. The van der Waals surface area contributed by atoms with Crippen molar-refractivity contribution in [1.82, 2.24) is 55.1 Å². The van der Waals surface area contributed by atoms with Crippen LogP contribution in [0.1, 0.15) is 165 Å². The van der Waals surface area contributed by atoms with Gasteiger partial charge in [-0.25, -0.2) is 0 Å². The van der Waals surface area contributed by atoms with Gasteiger partial charge in [-0.05, 0) is 108 Å². The molecule has 2 saturated carbocycles. The molecule has 516 valence electrons. The van der Waals surface area contributed by atoms with E-state index in [1.165, 1.54) is 86.8 Å². The summed E-state index contributed by atoms with van der Waals surface area (Å²) in [6.45, 7) is 16.3. The fourth-order valence-corrected chi connectivity index (χ4v) is 13.9. The van der Waals surface area contributed by atoms with E-state index >= 15 is 4.79 Å². The molecule has 4 fully saturated rings. The van der Waals surface area contributed by atoms with Gasteiger partial charge in [-0.3, -0.25) is 52.7 Å². The van der Waals surface area contributed by atoms with Crippen LogP contribution in [0.25, 0.3) is 0 Å². The monoisotopic (exact) mass is 1310 g/mol. The molecule has 12 atom stereocenters. The number of halogens is 4. The van der Waals surface area contributed by atoms with Crippen LogP contribution in [-0.2, 0) is 52.7 Å². The SMILES string of the molecule is C=CC[C@]1(C)NC(=O)[C@@H]2CCCN2C(=O)[C@H](CCC2CCC(C(F)(F)F)C(Cl)C2)NC(=O)CN(C)C(=O)[C@H](CC2CCCCC2)N(C)C(=O)CN(C)C(=O)CN(C)C(=O)[C@H]([C@@H](C)CC)NC(=O)[C@H](CC(C)C)N(C)C(=O)C[C@@H](C)N(C)C(=O)[C@H](C(C)C)N(C)C1=O. The van der Waals surface area contributed by atoms with Gasteiger partial charge in [0.15, 0.2) is 0 Å². The van der Waals surface area contributed by atoms with Crippen LogP contribution in [0.3, 0.4) is 0 Å². The number of nitrogens with one attached hydrogen (secondary N) is 3. The molecule has 0 aromatic heterocycles. The van der Waals surface area contributed by atoms with E-state index in [-0.39, 0.29) is 88.5 Å². The van der Waals surface area contributed by atoms with Gasteiger partial charge < -0.3 is 55.1 Å². The molecule has 0 spiro atoms. The van der Waals surface area contributed by atoms with E-state index in [4.69, 9.17) is 11.6 Å². The van der Waals surface area contributed by atoms with Crippen LogP contribution < -0.4 is 16.0 Å². The van der Waals surface area contributed by atoms with Gasteiger partial charge in [0.1, 0.15) is 41.8 Å². The fourth-order valence-electron chi connectivity index (χ4n) is 13.4. The molecule has 91 heavy (non-hydrogen) atoms. The number of alkyl halides is 4. The number of carbonyl (C=O) groups excluding carboxylic acids is 11. The minimum atomic E-state index is -4.50. The number of fused-ring (bicyclic) bond motifs is 1. The van der Waals surface area contributed by atoms with Gasteiger partial charge in [-0.15, -0.1) is 18.2 Å². The molecule has 0 bridgehead atoms. The molecular weight excluding hydrogens is 1200 g/mol. The van der Waals surface area contributed by atoms with Crippen molar-refractivity contribution in [2.45, 2.75) is 224 Å². The molecule has 4 aliphatic rings. The average molecular weight is 1310 g/mol. The Labute approximate surface area is 543 Å². The highest BCUT2D eigenvalue weighted by Crippen LogP contribution is 2.44. The van der Waals surface area contributed by atoms with Gasteiger partial charge in [-0.2, -0.15) is 13.2 Å². The van der Waals surface area contributed by atoms with Crippen molar-refractivity contribution in [3.05, 3.63) is 12.7 Å². The maximum Gasteiger partial charge on any atom is 0.393 e. The maximum absolute atomic E-state index is 15.0. The van der Waals surface area contributed by atoms with Gasteiger partial charge in [0, 0.05) is 73.7 Å². The molecule has 0 aromatic rings. The topological polar surface area (TPSA) is 250 Å². The number of amides is 11. The second kappa shape index (κ2) is 34.2. The van der Waals surface area contributed by atoms with Gasteiger partial charge in [0.05, 0.1) is 25.6 Å². The van der Waals surface area contributed by atoms with Crippen molar-refractivity contribution in [1.29, 1.82) is 0 Å². The minimum absolute atomic E-state index is 0.000715. The Morgan fingerprint density at radius 1 is 0.659 bits per heavy atom. The highest BCUT2D eigenvalue weighted by molar-refractivity contribution is 6.20. The van der Waals surface area contributed by atoms with E-state index in [2.05, 4.69) is 22.5 Å². The number of hydrogen-bond donors (Lipinski definition) is 3. The fraction of sp³-hybridized carbons (Fsp3) is 0.800. The average Bonchev–Trinajstić information content (AvgIpc) is 1.97. The van der Waals surface area contributed by atoms with Gasteiger partial charge >= 0.3 is 6.18 Å². The first-order chi connectivity index (χ1) is 42.4. The van der Waals surface area contributed by atoms with E-state index in [0.29, 0.717) is 12.8 Å². The lowest BCUT2D eigenvalue weighted by Gasteiger charge is -2.40. The summed E-state index contributed by atoms with van der Waals surface area (Å²) in [6, 6.07) is -7.73. The maximum atomic E-state index is 15.0. The first-order valence-electron chi connectivity index (χ1n) is 32.7. The molecule has 2 aliphatic heterocycles. The zero-order valence-corrected chi connectivity index (χ0v) is 57.6. The third-order valence-corrected chi connectivity index (χ3v) is 20.0. The first-order valence-corrected chi connectivity index (χ1v) is 33.2. The zero-order valence-electron chi connectivity index (χ0n) is 56.8. The molecular formula is C65H107ClF3N11O11. The largest absolute Gasteiger partial charge is 0.393 e. The lowest BCUT2D eigenvalue weighted by atomic mass is 9.78. The summed E-state index contributed by atoms with van der Waals surface area (Å²) in [5, 5.41) is 7.34. The molecule has 2 saturated heterocycles. The number of nitrogens with zero attached hydrogens (tertiary/aromatic N) is 8. The summed E-state index contributed by atoms with van der Waals surface area (Å²) in [4.78, 5) is 170. The van der Waals surface area contributed by atoms with Crippen molar-refractivity contribution < 1.29 is 65.9 Å². The van der Waals surface area contributed by atoms with Gasteiger partial charge in [0.25, 0.3) is 0 Å². The van der Waals surface area contributed by atoms with Crippen molar-refractivity contribution in [3.8, 4) is 0 Å². The molecule has 3 N–H and O–H groups in total. The third kappa shape index (κ3) is 20.7. The summed E-state index contributed by atoms with van der Waals surface area (Å²) in [7, 11) is 10.0. The third-order valence-electron chi connectivity index (χ3n) is 19.5. The quantitative estimate of drug-likeness (QED) is 0.161. The van der Waals surface area contributed by atoms with Gasteiger partial charge in [-0.1, -0.05) is 86.1 Å². The molecule has 4 rings (SSSR count). The van der Waals surface area contributed by atoms with Crippen LogP contribution >= 0.6 is 11.6 Å². The second-order valence-electron chi connectivity index (χ2n) is 27.6. The van der Waals surface area contributed by atoms with Crippen molar-refractivity contribution in [2.75, 3.05) is 75.5 Å². The van der Waals surface area contributed by atoms with Crippen LogP contribution in [0.5, 0.6) is 0 Å². The zero-order chi connectivity index (χ0) is 68.7. The van der Waals surface area contributed by atoms with Gasteiger partial charge in [0.2, 0.25) is 65.0 Å². The van der Waals surface area contributed by atoms with Crippen LogP contribution in [-0.4, -0.2) is 239 Å². The second-order valence-corrected chi connectivity index (χ2v) is 28.1. The first kappa shape index (κ1) is 77.4. The highest BCUT2D eigenvalue weighted by Gasteiger charge is 2.49. The van der Waals surface area contributed by atoms with Crippen LogP contribution in [0, 0.1) is 35.5 Å². The molecule has 26 heteroatoms. The molecule has 0 radical (unpaired) electrons. The Kier molecular flexibility index (Phi) is 29.1. The summed E-state index contributed by atoms with van der Waals surface area (Å²) in [5.41, 5.74) is -1.74. The predicted molar refractivity (Wildman–Crippen MR) is 340 cm³/mol. The van der Waals surface area contributed by atoms with E-state index in [1.807, 2.05) is 20.8 Å². The number of carbonyl (C=O) groups is 11. The summed E-state index contributed by atoms with van der Waals surface area (Å²) >= 11 is 6.35. The Morgan fingerprint density at radius 2 is 1.26 bits per heavy atom. The molecule has 11 amide bonds. The van der Waals surface area contributed by atoms with Crippen LogP contribution in [0.4, 0.5) is 13.2 Å². The molecule has 2 aliphatic carbocycles. The number of hydrogen-bond acceptors (Lipinski definition) is 11. The lowest BCUT2D eigenvalue weighted by Crippen LogP contribution is -2.64. The van der Waals surface area contributed by atoms with Crippen molar-refractivity contribution in [3.63, 3.8) is 0 Å². The van der Waals surface area contributed by atoms with Crippen molar-refractivity contribution in [2.24, 2.45) is 35.5 Å². The summed E-state index contributed by atoms with van der Waals surface area (Å²) in [5.74, 6) is -9.96. The smallest absolute Gasteiger partial charge is 0.343 e. The Hall–Kier alpha value is -6.01. The summed E-state index contributed by atoms with van der Waals surface area (Å²) in [6.07, 6.45) is 2.40. The Bertz CT molecular complexity index is 2590. The van der Waals surface area contributed by atoms with E-state index in [1.54, 1.807) is 27.7 Å². The standard InChI is InChI=1S/C65H107ClF3N11O11/c1-17-30-64(9)63(91)79(16)56(40(5)6)62(90)76(13)42(8)33-52(82)77(14)49(32-39(3)4)57(85)71-55(41(7)18-2)61(89)75(12)37-53(83)73(10)38-54(84)78(15)50(35-43-23-20-19-21-24-43)60(88)74(11)36-51(81)70-47(59(87)80-31-22-25-48(80)58(86)72-64)29-27-44-26-28-45(46(66)34-44)65(67,68)69/h17,39-50,55-56H,1,18-38H2,2-16H3,(H,70,81)(H,71,85)(H,72,86)/t41-,42+,44?,45?,46?,47-,48-,49-,50-,55-,56-,64-/m0/s1. The van der Waals surface area contributed by atoms with Crippen LogP contribution in [0.2, 0.25) is 0 Å². The van der Waals surface area contributed by atoms with Crippen molar-refractivity contribution >= 4 is 76.6 Å². The summed E-state index contributed by atoms with van der Waals surface area (Å²) < 4.78 is 41.7. The number of rotatable bonds is 12. The number of likely N-dealkylation sites (N-methyl/N-ethyl adjacent to an activating group) is 7. The lowest BCUT2D eigenvalue weighted by molar-refractivity contribution is -0.182. The predicted octanol–water partition coefficient (Wildman–Crippen LogP) is 5.59. The molecule has 0 aromatic carbocycles. The minimum Gasteiger partial charge on any atom is -0.343 e. The van der Waals surface area contributed by atoms with E-state index < -0.39 is 162 Å². The Morgan fingerprint density at radius 3 is 1.84 bits per heavy atom. The molecule has 3 unspecified atom stereocenters. The molecule has 2 heterocycles. The molecule has 22 nitrogen and oxygen atoms in total. The van der Waals surface area contributed by atoms with E-state index in [9.17, 15) is 61.1 Å².